The van der Waals surface area contributed by atoms with Crippen molar-refractivity contribution in [3.8, 4) is 0 Å². The van der Waals surface area contributed by atoms with Crippen molar-refractivity contribution in [2.24, 2.45) is 0 Å². The Labute approximate surface area is 619 Å². The number of hydrogen-bond donors (Lipinski definition) is 3. The van der Waals surface area contributed by atoms with E-state index < -0.39 is 97.5 Å². The Bertz CT molecular complexity index is 2360. The maximum atomic E-state index is 13.1. The minimum absolute atomic E-state index is 0.0535. The largest absolute Gasteiger partial charge is 0.472 e. The molecule has 588 valence electrons. The summed E-state index contributed by atoms with van der Waals surface area (Å²) >= 11 is 0. The Hall–Kier alpha value is -4.28. The molecular weight excluding hydrogens is 1330 g/mol. The van der Waals surface area contributed by atoms with Crippen LogP contribution in [0.15, 0.2) is 109 Å². The lowest BCUT2D eigenvalue weighted by atomic mass is 10.0. The van der Waals surface area contributed by atoms with Crippen LogP contribution in [0.2, 0.25) is 0 Å². The molecule has 102 heavy (non-hydrogen) atoms. The number of allylic oxidation sites excluding steroid dienone is 18. The molecule has 0 spiro atoms. The average Bonchev–Trinajstić information content (AvgIpc) is 0.959. The Morgan fingerprint density at radius 3 is 0.824 bits per heavy atom. The molecule has 0 bridgehead atoms. The fourth-order valence-corrected chi connectivity index (χ4v) is 12.3. The van der Waals surface area contributed by atoms with Crippen molar-refractivity contribution in [2.75, 3.05) is 39.6 Å². The minimum atomic E-state index is -5.00. The lowest BCUT2D eigenvalue weighted by Crippen LogP contribution is -2.30. The zero-order valence-corrected chi connectivity index (χ0v) is 66.0. The molecule has 0 aromatic heterocycles. The minimum Gasteiger partial charge on any atom is -0.462 e. The molecule has 0 radical (unpaired) electrons. The van der Waals surface area contributed by atoms with E-state index >= 15 is 0 Å². The van der Waals surface area contributed by atoms with E-state index in [2.05, 4.69) is 125 Å². The normalized spacial score (nSPS) is 14.5. The number of ether oxygens (including phenoxy) is 4. The average molecular weight is 1480 g/mol. The fraction of sp³-hybridized carbons (Fsp3) is 0.735. The van der Waals surface area contributed by atoms with E-state index in [0.717, 1.165) is 128 Å². The molecule has 0 aromatic rings. The van der Waals surface area contributed by atoms with Crippen LogP contribution in [0.1, 0.15) is 336 Å². The molecule has 3 N–H and O–H groups in total. The summed E-state index contributed by atoms with van der Waals surface area (Å²) < 4.78 is 68.6. The van der Waals surface area contributed by atoms with Gasteiger partial charge in [-0.3, -0.25) is 37.3 Å². The first-order chi connectivity index (χ1) is 49.7. The van der Waals surface area contributed by atoms with Gasteiger partial charge in [-0.1, -0.05) is 317 Å². The Balaban J connectivity index is 5.41. The predicted octanol–water partition coefficient (Wildman–Crippen LogP) is 23.3. The van der Waals surface area contributed by atoms with Gasteiger partial charge in [0.15, 0.2) is 12.2 Å². The number of carbonyl (C=O) groups is 4. The van der Waals surface area contributed by atoms with Crippen LogP contribution < -0.4 is 0 Å². The molecule has 19 heteroatoms. The highest BCUT2D eigenvalue weighted by Gasteiger charge is 2.30. The lowest BCUT2D eigenvalue weighted by Gasteiger charge is -2.21. The van der Waals surface area contributed by atoms with Crippen LogP contribution in [-0.2, 0) is 65.4 Å². The second-order valence-corrected chi connectivity index (χ2v) is 29.5. The van der Waals surface area contributed by atoms with Gasteiger partial charge in [0.05, 0.1) is 26.4 Å². The van der Waals surface area contributed by atoms with E-state index in [9.17, 15) is 43.2 Å². The van der Waals surface area contributed by atoms with Crippen molar-refractivity contribution >= 4 is 39.5 Å². The van der Waals surface area contributed by atoms with Gasteiger partial charge in [0.2, 0.25) is 0 Å². The summed E-state index contributed by atoms with van der Waals surface area (Å²) in [5, 5.41) is 10.6. The molecule has 0 saturated carbocycles. The second kappa shape index (κ2) is 75.0. The number of aliphatic hydroxyl groups is 1. The molecular formula is C83H144O17P2. The van der Waals surface area contributed by atoms with Gasteiger partial charge in [-0.25, -0.2) is 9.13 Å². The van der Waals surface area contributed by atoms with Gasteiger partial charge >= 0.3 is 39.5 Å². The van der Waals surface area contributed by atoms with Gasteiger partial charge in [0.1, 0.15) is 19.3 Å². The molecule has 0 fully saturated rings. The zero-order valence-electron chi connectivity index (χ0n) is 64.3. The van der Waals surface area contributed by atoms with Crippen LogP contribution in [0.3, 0.4) is 0 Å². The standard InChI is InChI=1S/C83H144O17P2/c1-5-9-13-17-21-25-29-33-36-38-41-45-48-52-56-60-64-68-81(86)94-74-79(100-83(88)70-66-62-58-54-50-46-42-39-37-34-30-26-22-18-14-10-6-2)76-98-102(91,92)96-72-77(84)71-95-101(89,90)97-75-78(99-82(87)69-65-61-57-53-49-43-32-28-24-20-16-12-8-4)73-93-80(85)67-63-59-55-51-47-44-40-35-31-27-23-19-15-11-7-3/h9-10,13-14,21-22,25-26,33-34,36-37,41-42,45-46,52,56,77-79,84H,5-8,11-12,15-20,23-24,27-32,35,38-40,43-44,47-51,53-55,57-76H2,1-4H3,(H,89,90)(H,91,92)/b13-9-,14-10-,25-21-,26-22-,36-33-,37-34-,45-41-,46-42-,56-52-. The topological polar surface area (TPSA) is 237 Å². The van der Waals surface area contributed by atoms with Crippen molar-refractivity contribution in [1.29, 1.82) is 0 Å². The molecule has 0 aliphatic carbocycles. The van der Waals surface area contributed by atoms with Crippen LogP contribution in [-0.4, -0.2) is 96.7 Å². The molecule has 17 nitrogen and oxygen atoms in total. The number of esters is 4. The quantitative estimate of drug-likeness (QED) is 0.0169. The third-order valence-electron chi connectivity index (χ3n) is 16.8. The number of aliphatic hydroxyl groups excluding tert-OH is 1. The molecule has 0 aliphatic rings. The molecule has 5 atom stereocenters. The highest BCUT2D eigenvalue weighted by atomic mass is 31.2. The summed E-state index contributed by atoms with van der Waals surface area (Å²) in [7, 11) is -9.97. The first-order valence-electron chi connectivity index (χ1n) is 40.1. The van der Waals surface area contributed by atoms with Crippen molar-refractivity contribution in [2.45, 2.75) is 354 Å². The van der Waals surface area contributed by atoms with Crippen LogP contribution in [0.4, 0.5) is 0 Å². The van der Waals surface area contributed by atoms with E-state index in [1.807, 2.05) is 12.2 Å². The summed E-state index contributed by atoms with van der Waals surface area (Å²) in [5.74, 6) is -2.25. The first-order valence-corrected chi connectivity index (χ1v) is 43.1. The number of phosphoric acid groups is 2. The van der Waals surface area contributed by atoms with E-state index in [4.69, 9.17) is 37.0 Å². The highest BCUT2D eigenvalue weighted by Crippen LogP contribution is 2.45. The van der Waals surface area contributed by atoms with Gasteiger partial charge < -0.3 is 33.8 Å². The summed E-state index contributed by atoms with van der Waals surface area (Å²) in [5.41, 5.74) is 0. The number of unbranched alkanes of at least 4 members (excludes halogenated alkanes) is 31. The summed E-state index contributed by atoms with van der Waals surface area (Å²) in [6.07, 6.45) is 80.7. The predicted molar refractivity (Wildman–Crippen MR) is 418 cm³/mol. The third-order valence-corrected chi connectivity index (χ3v) is 18.7. The van der Waals surface area contributed by atoms with E-state index in [1.54, 1.807) is 0 Å². The Kier molecular flexibility index (Phi) is 71.8. The van der Waals surface area contributed by atoms with Gasteiger partial charge in [-0.05, 0) is 103 Å². The van der Waals surface area contributed by atoms with Crippen LogP contribution in [0.5, 0.6) is 0 Å². The summed E-state index contributed by atoms with van der Waals surface area (Å²) in [6, 6.07) is 0. The maximum absolute atomic E-state index is 13.1. The van der Waals surface area contributed by atoms with Gasteiger partial charge in [0, 0.05) is 25.7 Å². The van der Waals surface area contributed by atoms with Crippen LogP contribution in [0.25, 0.3) is 0 Å². The number of hydrogen-bond acceptors (Lipinski definition) is 15. The van der Waals surface area contributed by atoms with Gasteiger partial charge in [-0.2, -0.15) is 0 Å². The maximum Gasteiger partial charge on any atom is 0.472 e. The van der Waals surface area contributed by atoms with Crippen molar-refractivity contribution in [1.82, 2.24) is 0 Å². The summed E-state index contributed by atoms with van der Waals surface area (Å²) in [6.45, 7) is 4.60. The van der Waals surface area contributed by atoms with Gasteiger partial charge in [-0.15, -0.1) is 0 Å². The Morgan fingerprint density at radius 1 is 0.284 bits per heavy atom. The van der Waals surface area contributed by atoms with Crippen LogP contribution >= 0.6 is 15.6 Å². The number of phosphoric ester groups is 2. The molecule has 0 heterocycles. The van der Waals surface area contributed by atoms with Gasteiger partial charge in [0.25, 0.3) is 0 Å². The third kappa shape index (κ3) is 74.0. The van der Waals surface area contributed by atoms with Crippen molar-refractivity contribution < 1.29 is 80.2 Å². The molecule has 0 aliphatic heterocycles. The fourth-order valence-electron chi connectivity index (χ4n) is 10.7. The molecule has 0 saturated heterocycles. The molecule has 0 rings (SSSR count). The number of carbonyl (C=O) groups excluding carboxylic acids is 4. The van der Waals surface area contributed by atoms with Crippen molar-refractivity contribution in [3.63, 3.8) is 0 Å². The summed E-state index contributed by atoms with van der Waals surface area (Å²) in [4.78, 5) is 73.0. The lowest BCUT2D eigenvalue weighted by molar-refractivity contribution is -0.161. The zero-order chi connectivity index (χ0) is 74.6. The SMILES string of the molecule is CC/C=C\C/C=C\C/C=C\C/C=C\C/C=C\CCCC(=O)OCC(COP(=O)(O)OCC(O)COP(=O)(O)OCC(COC(=O)CCCCCCCCCCCCCCCCC)OC(=O)CCCCCCCCCCCCCCC)OC(=O)CCCCCC/C=C\C/C=C\C/C=C\C/C=C\CC. The van der Waals surface area contributed by atoms with E-state index in [0.29, 0.717) is 32.1 Å². The van der Waals surface area contributed by atoms with E-state index in [-0.39, 0.29) is 25.7 Å². The van der Waals surface area contributed by atoms with Crippen LogP contribution in [0, 0.1) is 0 Å². The van der Waals surface area contributed by atoms with E-state index in [1.165, 1.54) is 122 Å². The molecule has 5 unspecified atom stereocenters. The highest BCUT2D eigenvalue weighted by molar-refractivity contribution is 7.47. The molecule has 0 aromatic carbocycles. The smallest absolute Gasteiger partial charge is 0.462 e. The second-order valence-electron chi connectivity index (χ2n) is 26.6. The van der Waals surface area contributed by atoms with Crippen molar-refractivity contribution in [3.05, 3.63) is 109 Å². The molecule has 0 amide bonds. The first kappa shape index (κ1) is 97.7. The monoisotopic (exact) mass is 1470 g/mol. The number of rotatable bonds is 75. The Morgan fingerprint density at radius 2 is 0.520 bits per heavy atom.